The van der Waals surface area contributed by atoms with Crippen LogP contribution in [-0.2, 0) is 14.6 Å². The zero-order valence-electron chi connectivity index (χ0n) is 19.8. The van der Waals surface area contributed by atoms with E-state index in [0.29, 0.717) is 45.4 Å². The van der Waals surface area contributed by atoms with Crippen molar-refractivity contribution < 1.29 is 17.9 Å². The Morgan fingerprint density at radius 3 is 2.27 bits per heavy atom. The molecule has 8 nitrogen and oxygen atoms in total. The number of carbonyl (C=O) groups is 1. The first-order valence-corrected chi connectivity index (χ1v) is 14.0. The average molecular weight is 477 g/mol. The monoisotopic (exact) mass is 476 g/mol. The summed E-state index contributed by atoms with van der Waals surface area (Å²) < 4.78 is 29.0. The van der Waals surface area contributed by atoms with Gasteiger partial charge in [-0.05, 0) is 42.5 Å². The van der Waals surface area contributed by atoms with Crippen LogP contribution in [0.4, 0.5) is 16.2 Å². The topological polar surface area (TPSA) is 73.4 Å². The Balaban J connectivity index is 1.33. The predicted molar refractivity (Wildman–Crippen MR) is 130 cm³/mol. The van der Waals surface area contributed by atoms with Gasteiger partial charge in [-0.15, -0.1) is 0 Å². The Morgan fingerprint density at radius 1 is 0.970 bits per heavy atom. The van der Waals surface area contributed by atoms with E-state index in [2.05, 4.69) is 52.8 Å². The number of amides is 2. The number of nitrogens with zero attached hydrogens (tertiary/aromatic N) is 4. The molecule has 5 fully saturated rings. The number of rotatable bonds is 2. The summed E-state index contributed by atoms with van der Waals surface area (Å²) in [5, 5.41) is 0. The van der Waals surface area contributed by atoms with Crippen LogP contribution in [0, 0.1) is 5.41 Å². The SMILES string of the molecule is CC1(C)CC2CN(c3ccc(N4CCS(=O)(=O)CC4)cc3)C1CCN2C(=O)N1CCOCC1. The maximum absolute atomic E-state index is 13.3. The van der Waals surface area contributed by atoms with E-state index in [1.54, 1.807) is 0 Å². The molecule has 0 aliphatic carbocycles. The molecule has 5 heterocycles. The van der Waals surface area contributed by atoms with Crippen LogP contribution in [0.5, 0.6) is 0 Å². The second-order valence-electron chi connectivity index (χ2n) is 10.5. The fourth-order valence-electron chi connectivity index (χ4n) is 6.08. The van der Waals surface area contributed by atoms with Gasteiger partial charge in [0, 0.05) is 56.7 Å². The Kier molecular flexibility index (Phi) is 5.97. The van der Waals surface area contributed by atoms with Gasteiger partial charge in [0.1, 0.15) is 0 Å². The van der Waals surface area contributed by atoms with Crippen molar-refractivity contribution in [3.63, 3.8) is 0 Å². The molecule has 1 aromatic carbocycles. The third kappa shape index (κ3) is 4.54. The molecular formula is C24H36N4O4S. The van der Waals surface area contributed by atoms with Gasteiger partial charge in [0.15, 0.2) is 9.84 Å². The van der Waals surface area contributed by atoms with E-state index < -0.39 is 9.84 Å². The van der Waals surface area contributed by atoms with Crippen LogP contribution in [0.1, 0.15) is 26.7 Å². The number of carbonyl (C=O) groups excluding carboxylic acids is 1. The minimum atomic E-state index is -2.88. The Hall–Kier alpha value is -2.00. The third-order valence-corrected chi connectivity index (χ3v) is 9.56. The summed E-state index contributed by atoms with van der Waals surface area (Å²) in [6, 6.07) is 9.32. The second-order valence-corrected chi connectivity index (χ2v) is 12.8. The number of benzene rings is 1. The Labute approximate surface area is 197 Å². The molecule has 0 radical (unpaired) electrons. The van der Waals surface area contributed by atoms with E-state index in [4.69, 9.17) is 4.74 Å². The van der Waals surface area contributed by atoms with Crippen molar-refractivity contribution in [2.45, 2.75) is 38.8 Å². The molecule has 0 N–H and O–H groups in total. The van der Waals surface area contributed by atoms with Crippen LogP contribution >= 0.6 is 0 Å². The number of sulfone groups is 1. The summed E-state index contributed by atoms with van der Waals surface area (Å²) in [4.78, 5) is 22.1. The first kappa shape index (κ1) is 22.8. The normalized spacial score (nSPS) is 29.2. The van der Waals surface area contributed by atoms with E-state index in [1.165, 1.54) is 5.69 Å². The van der Waals surface area contributed by atoms with Gasteiger partial charge in [-0.1, -0.05) is 13.8 Å². The van der Waals surface area contributed by atoms with E-state index in [-0.39, 0.29) is 29.0 Å². The van der Waals surface area contributed by atoms with Crippen LogP contribution in [0.25, 0.3) is 0 Å². The van der Waals surface area contributed by atoms with Crippen molar-refractivity contribution in [2.24, 2.45) is 5.41 Å². The number of ether oxygens (including phenoxy) is 1. The molecule has 9 heteroatoms. The van der Waals surface area contributed by atoms with Gasteiger partial charge in [0.05, 0.1) is 30.8 Å². The molecule has 0 spiro atoms. The third-order valence-electron chi connectivity index (χ3n) is 7.95. The lowest BCUT2D eigenvalue weighted by Gasteiger charge is -2.49. The molecular weight excluding hydrogens is 440 g/mol. The predicted octanol–water partition coefficient (Wildman–Crippen LogP) is 2.05. The number of fused-ring (bicyclic) bond motifs is 4. The highest BCUT2D eigenvalue weighted by molar-refractivity contribution is 7.91. The van der Waals surface area contributed by atoms with Crippen LogP contribution in [0.2, 0.25) is 0 Å². The van der Waals surface area contributed by atoms with E-state index >= 15 is 0 Å². The zero-order valence-corrected chi connectivity index (χ0v) is 20.6. The van der Waals surface area contributed by atoms with Crippen LogP contribution < -0.4 is 9.80 Å². The Bertz CT molecular complexity index is 961. The first-order valence-electron chi connectivity index (χ1n) is 12.2. The molecule has 0 saturated carbocycles. The summed E-state index contributed by atoms with van der Waals surface area (Å²) in [5.41, 5.74) is 2.38. The van der Waals surface area contributed by atoms with Gasteiger partial charge >= 0.3 is 6.03 Å². The average Bonchev–Trinajstić information content (AvgIpc) is 3.06. The zero-order chi connectivity index (χ0) is 23.2. The summed E-state index contributed by atoms with van der Waals surface area (Å²) in [5.74, 6) is 0.456. The summed E-state index contributed by atoms with van der Waals surface area (Å²) in [6.45, 7) is 10.0. The lowest BCUT2D eigenvalue weighted by Crippen LogP contribution is -2.58. The number of hydrogen-bond acceptors (Lipinski definition) is 6. The maximum Gasteiger partial charge on any atom is 0.320 e. The molecule has 2 amide bonds. The maximum atomic E-state index is 13.3. The van der Waals surface area contributed by atoms with Crippen molar-refractivity contribution in [1.82, 2.24) is 9.80 Å². The molecule has 5 aliphatic rings. The first-order chi connectivity index (χ1) is 15.7. The molecule has 5 aliphatic heterocycles. The smallest absolute Gasteiger partial charge is 0.320 e. The van der Waals surface area contributed by atoms with Crippen molar-refractivity contribution >= 4 is 27.2 Å². The van der Waals surface area contributed by atoms with Crippen molar-refractivity contribution in [3.05, 3.63) is 24.3 Å². The van der Waals surface area contributed by atoms with E-state index in [1.807, 2.05) is 4.90 Å². The van der Waals surface area contributed by atoms with Gasteiger partial charge < -0.3 is 24.3 Å². The van der Waals surface area contributed by atoms with E-state index in [0.717, 1.165) is 31.6 Å². The molecule has 2 bridgehead atoms. The summed E-state index contributed by atoms with van der Waals surface area (Å²) in [7, 11) is -2.88. The molecule has 0 aromatic heterocycles. The van der Waals surface area contributed by atoms with Crippen molar-refractivity contribution in [1.29, 1.82) is 0 Å². The molecule has 5 saturated heterocycles. The molecule has 182 valence electrons. The number of anilines is 2. The van der Waals surface area contributed by atoms with Gasteiger partial charge in [0.2, 0.25) is 0 Å². The largest absolute Gasteiger partial charge is 0.378 e. The standard InChI is InChI=1S/C24H36N4O4S/c1-24(2)17-21-18-28(22(24)7-8-27(21)23(29)26-9-13-32-14-10-26)20-5-3-19(4-6-20)25-11-15-33(30,31)16-12-25/h3-6,21-22H,7-18H2,1-2H3. The second kappa shape index (κ2) is 8.65. The summed E-state index contributed by atoms with van der Waals surface area (Å²) in [6.07, 6.45) is 1.98. The van der Waals surface area contributed by atoms with Crippen molar-refractivity contribution in [2.75, 3.05) is 73.8 Å². The molecule has 2 atom stereocenters. The van der Waals surface area contributed by atoms with Crippen LogP contribution in [0.3, 0.4) is 0 Å². The minimum Gasteiger partial charge on any atom is -0.378 e. The molecule has 2 unspecified atom stereocenters. The fourth-order valence-corrected chi connectivity index (χ4v) is 7.28. The van der Waals surface area contributed by atoms with Crippen LogP contribution in [0.15, 0.2) is 24.3 Å². The van der Waals surface area contributed by atoms with Gasteiger partial charge in [-0.3, -0.25) is 0 Å². The highest BCUT2D eigenvalue weighted by Crippen LogP contribution is 2.44. The lowest BCUT2D eigenvalue weighted by atomic mass is 9.74. The lowest BCUT2D eigenvalue weighted by molar-refractivity contribution is 0.0383. The van der Waals surface area contributed by atoms with Gasteiger partial charge in [-0.2, -0.15) is 0 Å². The number of piperidine rings is 1. The highest BCUT2D eigenvalue weighted by Gasteiger charge is 2.48. The molecule has 1 aromatic rings. The van der Waals surface area contributed by atoms with Crippen LogP contribution in [-0.4, -0.2) is 100 Å². The number of morpholine rings is 1. The fraction of sp³-hybridized carbons (Fsp3) is 0.708. The quantitative estimate of drug-likeness (QED) is 0.651. The van der Waals surface area contributed by atoms with Crippen molar-refractivity contribution in [3.8, 4) is 0 Å². The van der Waals surface area contributed by atoms with Gasteiger partial charge in [0.25, 0.3) is 0 Å². The summed E-state index contributed by atoms with van der Waals surface area (Å²) >= 11 is 0. The highest BCUT2D eigenvalue weighted by atomic mass is 32.2. The number of urea groups is 1. The van der Waals surface area contributed by atoms with E-state index in [9.17, 15) is 13.2 Å². The van der Waals surface area contributed by atoms with Gasteiger partial charge in [-0.25, -0.2) is 13.2 Å². The minimum absolute atomic E-state index is 0.114. The number of hydrogen-bond donors (Lipinski definition) is 0. The molecule has 33 heavy (non-hydrogen) atoms. The molecule has 6 rings (SSSR count). The Morgan fingerprint density at radius 2 is 1.61 bits per heavy atom.